The first kappa shape index (κ1) is 53.9. The molecule has 0 aromatic carbocycles. The minimum Gasteiger partial charge on any atom is -0.462 e. The molecule has 55 heavy (non-hydrogen) atoms. The number of ether oxygens (including phenoxy) is 1. The van der Waals surface area contributed by atoms with Gasteiger partial charge in [0.05, 0.1) is 25.2 Å². The van der Waals surface area contributed by atoms with Crippen LogP contribution in [0.4, 0.5) is 0 Å². The molecule has 1 amide bonds. The van der Waals surface area contributed by atoms with Crippen molar-refractivity contribution >= 4 is 11.9 Å². The van der Waals surface area contributed by atoms with Crippen molar-refractivity contribution in [1.29, 1.82) is 0 Å². The Hall–Kier alpha value is -1.14. The Kier molecular flexibility index (Phi) is 43.1. The van der Waals surface area contributed by atoms with Gasteiger partial charge in [0.15, 0.2) is 0 Å². The summed E-state index contributed by atoms with van der Waals surface area (Å²) in [5, 5.41) is 23.7. The van der Waals surface area contributed by atoms with Crippen molar-refractivity contribution in [2.45, 2.75) is 296 Å². The molecule has 0 saturated heterocycles. The van der Waals surface area contributed by atoms with Crippen molar-refractivity contribution in [1.82, 2.24) is 5.32 Å². The summed E-state index contributed by atoms with van der Waals surface area (Å²) in [6, 6.07) is -0.690. The van der Waals surface area contributed by atoms with E-state index in [9.17, 15) is 19.8 Å². The fourth-order valence-electron chi connectivity index (χ4n) is 7.90. The Balaban J connectivity index is 4.39. The van der Waals surface area contributed by atoms with Crippen molar-refractivity contribution in [3.63, 3.8) is 0 Å². The van der Waals surface area contributed by atoms with E-state index >= 15 is 0 Å². The van der Waals surface area contributed by atoms with Crippen LogP contribution in [0.3, 0.4) is 0 Å². The largest absolute Gasteiger partial charge is 0.462 e. The lowest BCUT2D eigenvalue weighted by Crippen LogP contribution is -2.46. The van der Waals surface area contributed by atoms with E-state index < -0.39 is 18.2 Å². The normalized spacial score (nSPS) is 13.2. The summed E-state index contributed by atoms with van der Waals surface area (Å²) in [4.78, 5) is 26.0. The highest BCUT2D eigenvalue weighted by Crippen LogP contribution is 2.18. The summed E-state index contributed by atoms with van der Waals surface area (Å²) in [5.74, 6) is -0.458. The van der Waals surface area contributed by atoms with E-state index in [1.54, 1.807) is 0 Å². The molecule has 328 valence electrons. The molecule has 0 aliphatic rings. The van der Waals surface area contributed by atoms with Crippen molar-refractivity contribution < 1.29 is 24.5 Å². The lowest BCUT2D eigenvalue weighted by Gasteiger charge is -2.24. The number of hydrogen-bond acceptors (Lipinski definition) is 5. The maximum Gasteiger partial charge on any atom is 0.306 e. The monoisotopic (exact) mass is 780 g/mol. The zero-order valence-corrected chi connectivity index (χ0v) is 37.3. The number of nitrogens with one attached hydrogen (secondary N) is 1. The number of carbonyl (C=O) groups excluding carboxylic acids is 2. The molecular formula is C49H97NO5. The average molecular weight is 780 g/mol. The molecule has 0 aromatic rings. The third-order valence-electron chi connectivity index (χ3n) is 11.7. The van der Waals surface area contributed by atoms with Crippen LogP contribution in [0, 0.1) is 0 Å². The second-order valence-corrected chi connectivity index (χ2v) is 17.2. The molecule has 3 unspecified atom stereocenters. The van der Waals surface area contributed by atoms with Gasteiger partial charge in [-0.3, -0.25) is 9.59 Å². The van der Waals surface area contributed by atoms with Crippen molar-refractivity contribution in [2.75, 3.05) is 6.61 Å². The number of rotatable bonds is 45. The quantitative estimate of drug-likeness (QED) is 0.0422. The second-order valence-electron chi connectivity index (χ2n) is 17.2. The zero-order valence-electron chi connectivity index (χ0n) is 37.3. The third-order valence-corrected chi connectivity index (χ3v) is 11.7. The van der Waals surface area contributed by atoms with Gasteiger partial charge in [0.1, 0.15) is 6.10 Å². The van der Waals surface area contributed by atoms with Gasteiger partial charge in [-0.1, -0.05) is 239 Å². The average Bonchev–Trinajstić information content (AvgIpc) is 3.18. The van der Waals surface area contributed by atoms with Gasteiger partial charge in [0.2, 0.25) is 5.91 Å². The van der Waals surface area contributed by atoms with Crippen LogP contribution in [-0.4, -0.2) is 46.9 Å². The van der Waals surface area contributed by atoms with Crippen LogP contribution in [0.25, 0.3) is 0 Å². The smallest absolute Gasteiger partial charge is 0.306 e. The number of amides is 1. The van der Waals surface area contributed by atoms with Gasteiger partial charge in [-0.2, -0.15) is 0 Å². The molecule has 3 atom stereocenters. The van der Waals surface area contributed by atoms with Gasteiger partial charge in [-0.15, -0.1) is 0 Å². The number of carbonyl (C=O) groups is 2. The number of aliphatic hydroxyl groups is 2. The molecule has 0 radical (unpaired) electrons. The molecule has 0 aliphatic carbocycles. The van der Waals surface area contributed by atoms with Gasteiger partial charge < -0.3 is 20.3 Å². The SMILES string of the molecule is CCCCCCCCCCCCCCCCC(=O)OC(CCCCCCCCCC)CC(=O)NC(CO)C(O)CCCCCCCCCCCCCCCC. The standard InChI is InChI=1S/C49H97NO5/c1-4-7-10-13-16-19-21-23-25-27-29-32-35-38-41-47(52)46(44-51)50-48(53)43-45(40-37-34-31-18-15-12-9-6-3)55-49(54)42-39-36-33-30-28-26-24-22-20-17-14-11-8-5-2/h45-47,51-52H,4-44H2,1-3H3,(H,50,53). The van der Waals surface area contributed by atoms with Gasteiger partial charge in [0.25, 0.3) is 0 Å². The first-order chi connectivity index (χ1) is 27.0. The topological polar surface area (TPSA) is 95.9 Å². The van der Waals surface area contributed by atoms with Crippen LogP contribution in [0.1, 0.15) is 278 Å². The maximum absolute atomic E-state index is 13.1. The molecule has 3 N–H and O–H groups in total. The molecule has 0 saturated carbocycles. The molecule has 0 rings (SSSR count). The fourth-order valence-corrected chi connectivity index (χ4v) is 7.90. The molecule has 0 fully saturated rings. The lowest BCUT2D eigenvalue weighted by atomic mass is 10.0. The minimum atomic E-state index is -0.777. The van der Waals surface area contributed by atoms with Crippen molar-refractivity contribution in [2.24, 2.45) is 0 Å². The zero-order chi connectivity index (χ0) is 40.3. The molecule has 6 nitrogen and oxygen atoms in total. The highest BCUT2D eigenvalue weighted by molar-refractivity contribution is 5.77. The molecule has 0 spiro atoms. The predicted octanol–water partition coefficient (Wildman–Crippen LogP) is 14.4. The molecule has 0 aliphatic heterocycles. The Labute approximate surface area is 343 Å². The maximum atomic E-state index is 13.1. The van der Waals surface area contributed by atoms with Crippen LogP contribution in [0.15, 0.2) is 0 Å². The summed E-state index contributed by atoms with van der Waals surface area (Å²) >= 11 is 0. The van der Waals surface area contributed by atoms with Crippen molar-refractivity contribution in [3.8, 4) is 0 Å². The van der Waals surface area contributed by atoms with Crippen LogP contribution in [-0.2, 0) is 14.3 Å². The van der Waals surface area contributed by atoms with E-state index in [1.807, 2.05) is 0 Å². The van der Waals surface area contributed by atoms with E-state index in [2.05, 4.69) is 26.1 Å². The Morgan fingerprint density at radius 1 is 0.455 bits per heavy atom. The Morgan fingerprint density at radius 3 is 1.11 bits per heavy atom. The third kappa shape index (κ3) is 39.5. The van der Waals surface area contributed by atoms with Crippen LogP contribution in [0.5, 0.6) is 0 Å². The summed E-state index contributed by atoms with van der Waals surface area (Å²) < 4.78 is 5.90. The first-order valence-corrected chi connectivity index (χ1v) is 24.8. The second kappa shape index (κ2) is 44.0. The number of hydrogen-bond donors (Lipinski definition) is 3. The Morgan fingerprint density at radius 2 is 0.764 bits per heavy atom. The fraction of sp³-hybridized carbons (Fsp3) is 0.959. The van der Waals surface area contributed by atoms with E-state index in [0.29, 0.717) is 19.3 Å². The summed E-state index contributed by atoms with van der Waals surface area (Å²) in [6.07, 6.45) is 45.9. The molecule has 0 aromatic heterocycles. The summed E-state index contributed by atoms with van der Waals surface area (Å²) in [6.45, 7) is 6.48. The van der Waals surface area contributed by atoms with Crippen LogP contribution >= 0.6 is 0 Å². The van der Waals surface area contributed by atoms with Gasteiger partial charge >= 0.3 is 5.97 Å². The summed E-state index contributed by atoms with van der Waals surface area (Å²) in [5.41, 5.74) is 0. The van der Waals surface area contributed by atoms with Crippen LogP contribution < -0.4 is 5.32 Å². The van der Waals surface area contributed by atoms with E-state index in [-0.39, 0.29) is 24.9 Å². The van der Waals surface area contributed by atoms with Crippen LogP contribution in [0.2, 0.25) is 0 Å². The number of unbranched alkanes of at least 4 members (excludes halogenated alkanes) is 33. The van der Waals surface area contributed by atoms with E-state index in [4.69, 9.17) is 4.74 Å². The molecule has 6 heteroatoms. The lowest BCUT2D eigenvalue weighted by molar-refractivity contribution is -0.151. The number of esters is 1. The molecule has 0 heterocycles. The highest BCUT2D eigenvalue weighted by Gasteiger charge is 2.24. The van der Waals surface area contributed by atoms with Crippen molar-refractivity contribution in [3.05, 3.63) is 0 Å². The predicted molar refractivity (Wildman–Crippen MR) is 237 cm³/mol. The molecular weight excluding hydrogens is 683 g/mol. The molecule has 0 bridgehead atoms. The number of aliphatic hydroxyl groups excluding tert-OH is 2. The summed E-state index contributed by atoms with van der Waals surface area (Å²) in [7, 11) is 0. The van der Waals surface area contributed by atoms with E-state index in [0.717, 1.165) is 38.5 Å². The van der Waals surface area contributed by atoms with Gasteiger partial charge in [-0.25, -0.2) is 0 Å². The first-order valence-electron chi connectivity index (χ1n) is 24.8. The van der Waals surface area contributed by atoms with Gasteiger partial charge in [0, 0.05) is 6.42 Å². The Bertz CT molecular complexity index is 791. The minimum absolute atomic E-state index is 0.0864. The van der Waals surface area contributed by atoms with E-state index in [1.165, 1.54) is 193 Å². The highest BCUT2D eigenvalue weighted by atomic mass is 16.5. The van der Waals surface area contributed by atoms with Gasteiger partial charge in [-0.05, 0) is 25.7 Å².